The van der Waals surface area contributed by atoms with E-state index >= 15 is 0 Å². The van der Waals surface area contributed by atoms with Crippen LogP contribution in [0.25, 0.3) is 0 Å². The summed E-state index contributed by atoms with van der Waals surface area (Å²) in [7, 11) is 0. The number of carboxylic acid groups (broad SMARTS) is 1. The van der Waals surface area contributed by atoms with Crippen molar-refractivity contribution in [2.75, 3.05) is 13.1 Å². The van der Waals surface area contributed by atoms with Gasteiger partial charge in [-0.2, -0.15) is 17.6 Å². The Kier molecular flexibility index (Phi) is 4.38. The molecular weight excluding hydrogens is 348 g/mol. The summed E-state index contributed by atoms with van der Waals surface area (Å²) in [5, 5.41) is 17.9. The average molecular weight is 357 g/mol. The maximum atomic E-state index is 13.7. The third-order valence-electron chi connectivity index (χ3n) is 3.71. The van der Waals surface area contributed by atoms with Gasteiger partial charge in [0.15, 0.2) is 17.4 Å². The minimum absolute atomic E-state index is 0.0867. The lowest BCUT2D eigenvalue weighted by Gasteiger charge is -2.18. The molecule has 0 saturated carbocycles. The van der Waals surface area contributed by atoms with Gasteiger partial charge >= 0.3 is 12.1 Å². The molecule has 0 radical (unpaired) electrons. The first-order valence-corrected chi connectivity index (χ1v) is 6.40. The molecule has 0 unspecified atom stereocenters. The molecule has 11 heteroatoms. The zero-order valence-electron chi connectivity index (χ0n) is 11.6. The molecule has 0 bridgehead atoms. The van der Waals surface area contributed by atoms with Crippen molar-refractivity contribution in [3.63, 3.8) is 0 Å². The van der Waals surface area contributed by atoms with Gasteiger partial charge in [-0.15, -0.1) is 0 Å². The third kappa shape index (κ3) is 2.97. The first-order valence-electron chi connectivity index (χ1n) is 6.40. The fraction of sp³-hybridized carbons (Fsp3) is 0.385. The standard InChI is InChI=1S/C13H9F6NO4/c14-7-1-4(8(15)10(21)9(7)16)11(22)20-2-5(12(23)24)6(3-20)13(17,18)19/h1,5-6,21H,2-3H2,(H,23,24)/t5-,6-/m1/s1. The van der Waals surface area contributed by atoms with E-state index < -0.39 is 71.7 Å². The maximum absolute atomic E-state index is 13.7. The molecule has 132 valence electrons. The molecule has 1 aromatic carbocycles. The SMILES string of the molecule is O=C(O)[C@@H]1CN(C(=O)c2cc(F)c(F)c(O)c2F)C[C@H]1C(F)(F)F. The summed E-state index contributed by atoms with van der Waals surface area (Å²) >= 11 is 0. The maximum Gasteiger partial charge on any atom is 0.394 e. The molecular formula is C13H9F6NO4. The van der Waals surface area contributed by atoms with E-state index in [0.29, 0.717) is 4.90 Å². The number of amides is 1. The Balaban J connectivity index is 2.37. The van der Waals surface area contributed by atoms with Gasteiger partial charge in [0.05, 0.1) is 17.4 Å². The predicted molar refractivity (Wildman–Crippen MR) is 64.6 cm³/mol. The van der Waals surface area contributed by atoms with Gasteiger partial charge in [-0.3, -0.25) is 9.59 Å². The molecule has 2 atom stereocenters. The molecule has 24 heavy (non-hydrogen) atoms. The van der Waals surface area contributed by atoms with Gasteiger partial charge in [-0.25, -0.2) is 8.78 Å². The van der Waals surface area contributed by atoms with E-state index in [4.69, 9.17) is 10.2 Å². The summed E-state index contributed by atoms with van der Waals surface area (Å²) in [6, 6.07) is 0.0867. The van der Waals surface area contributed by atoms with Gasteiger partial charge < -0.3 is 15.1 Å². The van der Waals surface area contributed by atoms with Crippen LogP contribution in [0.2, 0.25) is 0 Å². The highest BCUT2D eigenvalue weighted by molar-refractivity contribution is 5.95. The second kappa shape index (κ2) is 5.87. The normalized spacial score (nSPS) is 21.2. The quantitative estimate of drug-likeness (QED) is 0.628. The fourth-order valence-corrected chi connectivity index (χ4v) is 2.47. The number of carbonyl (C=O) groups is 2. The number of phenolic OH excluding ortho intramolecular Hbond substituents is 1. The summed E-state index contributed by atoms with van der Waals surface area (Å²) in [6.07, 6.45) is -4.92. The van der Waals surface area contributed by atoms with E-state index in [0.717, 1.165) is 0 Å². The second-order valence-electron chi connectivity index (χ2n) is 5.19. The van der Waals surface area contributed by atoms with Crippen LogP contribution in [0.4, 0.5) is 26.3 Å². The fourth-order valence-electron chi connectivity index (χ4n) is 2.47. The number of phenols is 1. The smallest absolute Gasteiger partial charge is 0.394 e. The predicted octanol–water partition coefficient (Wildman–Crippen LogP) is 2.14. The Morgan fingerprint density at radius 1 is 1.12 bits per heavy atom. The lowest BCUT2D eigenvalue weighted by Crippen LogP contribution is -2.34. The van der Waals surface area contributed by atoms with Crippen LogP contribution in [0.5, 0.6) is 5.75 Å². The molecule has 2 N–H and O–H groups in total. The summed E-state index contributed by atoms with van der Waals surface area (Å²) in [6.45, 7) is -1.98. The molecule has 1 heterocycles. The monoisotopic (exact) mass is 357 g/mol. The van der Waals surface area contributed by atoms with E-state index in [1.165, 1.54) is 0 Å². The van der Waals surface area contributed by atoms with Crippen molar-refractivity contribution >= 4 is 11.9 Å². The number of hydrogen-bond acceptors (Lipinski definition) is 3. The van der Waals surface area contributed by atoms with Crippen LogP contribution in [-0.4, -0.2) is 46.3 Å². The number of carbonyl (C=O) groups excluding carboxylic acids is 1. The molecule has 0 spiro atoms. The molecule has 2 rings (SSSR count). The molecule has 1 fully saturated rings. The highest BCUT2D eigenvalue weighted by Crippen LogP contribution is 2.38. The Morgan fingerprint density at radius 3 is 2.17 bits per heavy atom. The van der Waals surface area contributed by atoms with E-state index in [-0.39, 0.29) is 6.07 Å². The molecule has 1 amide bonds. The van der Waals surface area contributed by atoms with Gasteiger partial charge in [0, 0.05) is 13.1 Å². The van der Waals surface area contributed by atoms with Crippen LogP contribution < -0.4 is 0 Å². The van der Waals surface area contributed by atoms with Gasteiger partial charge in [-0.1, -0.05) is 0 Å². The Bertz CT molecular complexity index is 705. The van der Waals surface area contributed by atoms with Crippen molar-refractivity contribution in [2.45, 2.75) is 6.18 Å². The van der Waals surface area contributed by atoms with Gasteiger partial charge in [0.25, 0.3) is 5.91 Å². The van der Waals surface area contributed by atoms with E-state index in [9.17, 15) is 35.9 Å². The van der Waals surface area contributed by atoms with Gasteiger partial charge in [0.1, 0.15) is 0 Å². The molecule has 1 aliphatic heterocycles. The van der Waals surface area contributed by atoms with Crippen LogP contribution in [0, 0.1) is 29.3 Å². The zero-order chi connectivity index (χ0) is 18.4. The Hall–Kier alpha value is -2.46. The number of halogens is 6. The molecule has 0 aromatic heterocycles. The van der Waals surface area contributed by atoms with Crippen LogP contribution in [0.15, 0.2) is 6.07 Å². The number of benzene rings is 1. The molecule has 1 aromatic rings. The van der Waals surface area contributed by atoms with Crippen LogP contribution in [0.1, 0.15) is 10.4 Å². The molecule has 1 aliphatic rings. The van der Waals surface area contributed by atoms with Gasteiger partial charge in [0.2, 0.25) is 5.82 Å². The number of likely N-dealkylation sites (tertiary alicyclic amines) is 1. The molecule has 5 nitrogen and oxygen atoms in total. The highest BCUT2D eigenvalue weighted by Gasteiger charge is 2.53. The summed E-state index contributed by atoms with van der Waals surface area (Å²) in [5.41, 5.74) is -1.20. The molecule has 0 aliphatic carbocycles. The highest BCUT2D eigenvalue weighted by atomic mass is 19.4. The molecule has 1 saturated heterocycles. The Morgan fingerprint density at radius 2 is 1.71 bits per heavy atom. The number of hydrogen-bond donors (Lipinski definition) is 2. The van der Waals surface area contributed by atoms with Crippen molar-refractivity contribution in [3.05, 3.63) is 29.1 Å². The number of aromatic hydroxyl groups is 1. The largest absolute Gasteiger partial charge is 0.503 e. The van der Waals surface area contributed by atoms with Crippen LogP contribution in [0.3, 0.4) is 0 Å². The third-order valence-corrected chi connectivity index (χ3v) is 3.71. The minimum atomic E-state index is -4.92. The van der Waals surface area contributed by atoms with Crippen molar-refractivity contribution in [1.82, 2.24) is 4.90 Å². The van der Waals surface area contributed by atoms with Gasteiger partial charge in [-0.05, 0) is 6.07 Å². The number of carboxylic acids is 1. The Labute approximate surface area is 130 Å². The van der Waals surface area contributed by atoms with Crippen molar-refractivity contribution < 1.29 is 46.1 Å². The first kappa shape index (κ1) is 17.9. The zero-order valence-corrected chi connectivity index (χ0v) is 11.6. The lowest BCUT2D eigenvalue weighted by molar-refractivity contribution is -0.187. The summed E-state index contributed by atoms with van der Waals surface area (Å²) < 4.78 is 78.4. The number of rotatable bonds is 2. The van der Waals surface area contributed by atoms with Crippen molar-refractivity contribution in [3.8, 4) is 5.75 Å². The van der Waals surface area contributed by atoms with Crippen LogP contribution >= 0.6 is 0 Å². The first-order chi connectivity index (χ1) is 10.9. The number of alkyl halides is 3. The van der Waals surface area contributed by atoms with Crippen molar-refractivity contribution in [1.29, 1.82) is 0 Å². The number of aliphatic carboxylic acids is 1. The van der Waals surface area contributed by atoms with Crippen molar-refractivity contribution in [2.24, 2.45) is 11.8 Å². The topological polar surface area (TPSA) is 77.8 Å². The van der Waals surface area contributed by atoms with E-state index in [2.05, 4.69) is 0 Å². The number of nitrogens with zero attached hydrogens (tertiary/aromatic N) is 1. The summed E-state index contributed by atoms with van der Waals surface area (Å²) in [5.74, 6) is -15.0. The average Bonchev–Trinajstić information content (AvgIpc) is 2.93. The minimum Gasteiger partial charge on any atom is -0.503 e. The van der Waals surface area contributed by atoms with E-state index in [1.54, 1.807) is 0 Å². The summed E-state index contributed by atoms with van der Waals surface area (Å²) in [4.78, 5) is 23.3. The van der Waals surface area contributed by atoms with E-state index in [1.807, 2.05) is 0 Å². The lowest BCUT2D eigenvalue weighted by atomic mass is 9.96. The second-order valence-corrected chi connectivity index (χ2v) is 5.19. The van der Waals surface area contributed by atoms with Crippen LogP contribution in [-0.2, 0) is 4.79 Å².